The number of fused-ring (bicyclic) bond motifs is 1. The number of ether oxygens (including phenoxy) is 3. The fourth-order valence-electron chi connectivity index (χ4n) is 2.02. The van der Waals surface area contributed by atoms with Crippen LogP contribution < -0.4 is 0 Å². The lowest BCUT2D eigenvalue weighted by molar-refractivity contribution is -0.0597. The van der Waals surface area contributed by atoms with Crippen molar-refractivity contribution in [1.82, 2.24) is 0 Å². The zero-order valence-corrected chi connectivity index (χ0v) is 8.71. The fraction of sp³-hybridized carbons (Fsp3) is 0.818. The topological polar surface area (TPSA) is 31.0 Å². The highest BCUT2D eigenvalue weighted by molar-refractivity contribution is 5.27. The van der Waals surface area contributed by atoms with Crippen LogP contribution in [0.5, 0.6) is 0 Å². The summed E-state index contributed by atoms with van der Waals surface area (Å²) in [6, 6.07) is 0. The van der Waals surface area contributed by atoms with Gasteiger partial charge in [-0.15, -0.1) is 0 Å². The zero-order valence-electron chi connectivity index (χ0n) is 8.71. The molecule has 0 amide bonds. The Morgan fingerprint density at radius 1 is 1.36 bits per heavy atom. The molecule has 1 heterocycles. The molecule has 2 aliphatic rings. The van der Waals surface area contributed by atoms with Crippen LogP contribution in [-0.4, -0.2) is 32.2 Å². The predicted molar refractivity (Wildman–Crippen MR) is 51.7 cm³/mol. The molecule has 1 saturated heterocycles. The van der Waals surface area contributed by atoms with Gasteiger partial charge >= 0.3 is 0 Å². The average Bonchev–Trinajstić information content (AvgIpc) is 2.94. The van der Waals surface area contributed by atoms with Gasteiger partial charge in [0.05, 0.1) is 6.10 Å². The molecular weight excluding hydrogens is 180 g/mol. The van der Waals surface area contributed by atoms with Gasteiger partial charge in [-0.1, -0.05) is 12.3 Å². The second-order valence-corrected chi connectivity index (χ2v) is 3.81. The quantitative estimate of drug-likeness (QED) is 0.379. The summed E-state index contributed by atoms with van der Waals surface area (Å²) >= 11 is 0. The number of hydrogen-bond donors (Lipinski definition) is 0. The van der Waals surface area contributed by atoms with Crippen LogP contribution in [0, 0.1) is 11.8 Å². The molecule has 0 aromatic rings. The van der Waals surface area contributed by atoms with Crippen LogP contribution in [0.15, 0.2) is 0 Å². The SMILES string of the molecule is COC(C#C[C@]12CCCC[C@H]1O2)OC. The van der Waals surface area contributed by atoms with Crippen LogP contribution in [0.4, 0.5) is 0 Å². The molecule has 0 aromatic heterocycles. The van der Waals surface area contributed by atoms with Crippen molar-refractivity contribution in [3.8, 4) is 11.8 Å². The normalized spacial score (nSPS) is 34.6. The van der Waals surface area contributed by atoms with E-state index >= 15 is 0 Å². The van der Waals surface area contributed by atoms with Gasteiger partial charge in [0, 0.05) is 14.2 Å². The molecule has 2 rings (SSSR count). The molecule has 0 unspecified atom stereocenters. The van der Waals surface area contributed by atoms with E-state index in [1.54, 1.807) is 14.2 Å². The average molecular weight is 196 g/mol. The molecule has 1 aliphatic heterocycles. The van der Waals surface area contributed by atoms with Crippen molar-refractivity contribution in [2.45, 2.75) is 43.7 Å². The molecule has 2 fully saturated rings. The monoisotopic (exact) mass is 196 g/mol. The van der Waals surface area contributed by atoms with Gasteiger partial charge in [0.2, 0.25) is 6.29 Å². The fourth-order valence-corrected chi connectivity index (χ4v) is 2.02. The molecule has 78 valence electrons. The van der Waals surface area contributed by atoms with Crippen molar-refractivity contribution in [3.63, 3.8) is 0 Å². The highest BCUT2D eigenvalue weighted by atomic mass is 16.7. The van der Waals surface area contributed by atoms with E-state index in [-0.39, 0.29) is 5.60 Å². The van der Waals surface area contributed by atoms with E-state index in [9.17, 15) is 0 Å². The first kappa shape index (κ1) is 9.97. The minimum atomic E-state index is -0.420. The maximum atomic E-state index is 5.62. The third-order valence-corrected chi connectivity index (χ3v) is 2.91. The summed E-state index contributed by atoms with van der Waals surface area (Å²) in [5.74, 6) is 6.10. The van der Waals surface area contributed by atoms with Gasteiger partial charge in [0.25, 0.3) is 0 Å². The van der Waals surface area contributed by atoms with Crippen LogP contribution in [0.1, 0.15) is 25.7 Å². The Morgan fingerprint density at radius 3 is 2.79 bits per heavy atom. The van der Waals surface area contributed by atoms with E-state index < -0.39 is 6.29 Å². The highest BCUT2D eigenvalue weighted by Crippen LogP contribution is 2.47. The molecule has 3 heteroatoms. The van der Waals surface area contributed by atoms with E-state index in [0.29, 0.717) is 6.10 Å². The largest absolute Gasteiger partial charge is 0.352 e. The van der Waals surface area contributed by atoms with Crippen molar-refractivity contribution in [2.24, 2.45) is 0 Å². The summed E-state index contributed by atoms with van der Waals surface area (Å²) in [4.78, 5) is 0. The third kappa shape index (κ3) is 1.78. The minimum absolute atomic E-state index is 0.145. The van der Waals surface area contributed by atoms with Crippen molar-refractivity contribution < 1.29 is 14.2 Å². The lowest BCUT2D eigenvalue weighted by Crippen LogP contribution is -2.18. The van der Waals surface area contributed by atoms with Gasteiger partial charge < -0.3 is 14.2 Å². The molecule has 1 aliphatic carbocycles. The Morgan fingerprint density at radius 2 is 2.14 bits per heavy atom. The summed E-state index contributed by atoms with van der Waals surface area (Å²) < 4.78 is 15.6. The van der Waals surface area contributed by atoms with E-state index in [2.05, 4.69) is 11.8 Å². The first-order chi connectivity index (χ1) is 6.80. The molecule has 1 saturated carbocycles. The van der Waals surface area contributed by atoms with Crippen LogP contribution in [0.3, 0.4) is 0 Å². The second kappa shape index (κ2) is 3.90. The number of rotatable bonds is 2. The molecule has 0 bridgehead atoms. The Bertz CT molecular complexity index is 261. The van der Waals surface area contributed by atoms with Crippen LogP contribution in [-0.2, 0) is 14.2 Å². The van der Waals surface area contributed by atoms with Crippen molar-refractivity contribution in [3.05, 3.63) is 0 Å². The third-order valence-electron chi connectivity index (χ3n) is 2.91. The van der Waals surface area contributed by atoms with Gasteiger partial charge in [0.1, 0.15) is 0 Å². The second-order valence-electron chi connectivity index (χ2n) is 3.81. The maximum Gasteiger partial charge on any atom is 0.222 e. The van der Waals surface area contributed by atoms with Crippen LogP contribution in [0.25, 0.3) is 0 Å². The zero-order chi connectivity index (χ0) is 10.0. The lowest BCUT2D eigenvalue weighted by atomic mass is 9.90. The number of methoxy groups -OCH3 is 2. The van der Waals surface area contributed by atoms with Gasteiger partial charge in [-0.2, -0.15) is 0 Å². The Labute approximate surface area is 84.7 Å². The smallest absolute Gasteiger partial charge is 0.222 e. The maximum absolute atomic E-state index is 5.62. The molecular formula is C11H16O3. The van der Waals surface area contributed by atoms with E-state index in [0.717, 1.165) is 12.8 Å². The Balaban J connectivity index is 1.96. The first-order valence-corrected chi connectivity index (χ1v) is 5.07. The van der Waals surface area contributed by atoms with E-state index in [1.165, 1.54) is 12.8 Å². The Kier molecular flexibility index (Phi) is 2.78. The predicted octanol–water partition coefficient (Wildman–Crippen LogP) is 1.32. The van der Waals surface area contributed by atoms with Crippen molar-refractivity contribution in [1.29, 1.82) is 0 Å². The molecule has 0 radical (unpaired) electrons. The minimum Gasteiger partial charge on any atom is -0.352 e. The molecule has 0 spiro atoms. The number of epoxide rings is 1. The van der Waals surface area contributed by atoms with Crippen LogP contribution in [0.2, 0.25) is 0 Å². The van der Waals surface area contributed by atoms with Crippen molar-refractivity contribution in [2.75, 3.05) is 14.2 Å². The van der Waals surface area contributed by atoms with Crippen molar-refractivity contribution >= 4 is 0 Å². The van der Waals surface area contributed by atoms with Gasteiger partial charge in [-0.05, 0) is 25.2 Å². The summed E-state index contributed by atoms with van der Waals surface area (Å²) in [6.07, 6.45) is 4.65. The molecule has 0 N–H and O–H groups in total. The summed E-state index contributed by atoms with van der Waals surface area (Å²) in [5, 5.41) is 0. The summed E-state index contributed by atoms with van der Waals surface area (Å²) in [5.41, 5.74) is -0.145. The molecule has 14 heavy (non-hydrogen) atoms. The van der Waals surface area contributed by atoms with Gasteiger partial charge in [-0.3, -0.25) is 0 Å². The van der Waals surface area contributed by atoms with E-state index in [4.69, 9.17) is 14.2 Å². The van der Waals surface area contributed by atoms with Gasteiger partial charge in [0.15, 0.2) is 5.60 Å². The molecule has 3 nitrogen and oxygen atoms in total. The number of hydrogen-bond acceptors (Lipinski definition) is 3. The van der Waals surface area contributed by atoms with Crippen LogP contribution >= 0.6 is 0 Å². The highest BCUT2D eigenvalue weighted by Gasteiger charge is 2.56. The first-order valence-electron chi connectivity index (χ1n) is 5.07. The lowest BCUT2D eigenvalue weighted by Gasteiger charge is -2.11. The summed E-state index contributed by atoms with van der Waals surface area (Å²) in [7, 11) is 3.18. The van der Waals surface area contributed by atoms with Gasteiger partial charge in [-0.25, -0.2) is 0 Å². The standard InChI is InChI=1S/C11H16O3/c1-12-10(13-2)6-8-11-7-4-3-5-9(11)14-11/h9-10H,3-5,7H2,1-2H3/t9-,11-/m1/s1. The van der Waals surface area contributed by atoms with E-state index in [1.807, 2.05) is 0 Å². The Hall–Kier alpha value is -0.560. The summed E-state index contributed by atoms with van der Waals surface area (Å²) in [6.45, 7) is 0. The molecule has 2 atom stereocenters. The molecule has 0 aromatic carbocycles.